The van der Waals surface area contributed by atoms with Crippen molar-refractivity contribution in [2.24, 2.45) is 5.92 Å². The van der Waals surface area contributed by atoms with Gasteiger partial charge in [-0.05, 0) is 65.4 Å². The zero-order valence-corrected chi connectivity index (χ0v) is 15.1. The number of hydrogen-bond donors (Lipinski definition) is 1. The molecule has 0 radical (unpaired) electrons. The molecule has 2 fully saturated rings. The van der Waals surface area contributed by atoms with Gasteiger partial charge in [0.05, 0.1) is 18.2 Å². The number of carbonyl (C=O) groups excluding carboxylic acids is 1. The highest BCUT2D eigenvalue weighted by molar-refractivity contribution is 5.78. The van der Waals surface area contributed by atoms with Crippen LogP contribution in [-0.4, -0.2) is 71.3 Å². The third-order valence-corrected chi connectivity index (χ3v) is 5.44. The average molecular weight is 333 g/mol. The smallest absolute Gasteiger partial charge is 0.224 e. The van der Waals surface area contributed by atoms with Crippen molar-refractivity contribution >= 4 is 5.91 Å². The van der Waals surface area contributed by atoms with Crippen LogP contribution in [0.2, 0.25) is 0 Å². The number of carbonyl (C=O) groups is 1. The number of rotatable bonds is 5. The van der Waals surface area contributed by atoms with Crippen molar-refractivity contribution in [1.29, 1.82) is 0 Å². The predicted molar refractivity (Wildman–Crippen MR) is 94.8 cm³/mol. The fourth-order valence-electron chi connectivity index (χ4n) is 3.94. The molecule has 0 aromatic carbocycles. The van der Waals surface area contributed by atoms with E-state index in [0.29, 0.717) is 12.6 Å². The number of amides is 1. The van der Waals surface area contributed by atoms with Gasteiger partial charge in [0.25, 0.3) is 0 Å². The van der Waals surface area contributed by atoms with Crippen LogP contribution < -0.4 is 5.32 Å². The normalized spacial score (nSPS) is 24.2. The minimum absolute atomic E-state index is 0.151. The molecule has 2 aliphatic heterocycles. The van der Waals surface area contributed by atoms with Crippen LogP contribution in [0.4, 0.5) is 0 Å². The fourth-order valence-corrected chi connectivity index (χ4v) is 3.94. The van der Waals surface area contributed by atoms with E-state index in [-0.39, 0.29) is 11.8 Å². The van der Waals surface area contributed by atoms with E-state index in [4.69, 9.17) is 0 Å². The van der Waals surface area contributed by atoms with Gasteiger partial charge in [-0.2, -0.15) is 5.10 Å². The van der Waals surface area contributed by atoms with Crippen molar-refractivity contribution in [1.82, 2.24) is 24.9 Å². The lowest BCUT2D eigenvalue weighted by Crippen LogP contribution is -2.50. The summed E-state index contributed by atoms with van der Waals surface area (Å²) in [5.41, 5.74) is 1.02. The molecule has 0 aliphatic carbocycles. The van der Waals surface area contributed by atoms with E-state index in [1.165, 1.54) is 25.9 Å². The van der Waals surface area contributed by atoms with Crippen LogP contribution in [0.1, 0.15) is 31.4 Å². The standard InChI is InChI=1S/C18H31N5O/c1-15-5-12-23(20-15)13-8-19-18(24)16-4-3-9-22(14-16)17-6-10-21(2)11-7-17/h5,12,16-17H,3-4,6-11,13-14H2,1-2H3,(H,19,24)/t16-/m0/s1. The van der Waals surface area contributed by atoms with Gasteiger partial charge >= 0.3 is 0 Å². The molecule has 1 amide bonds. The largest absolute Gasteiger partial charge is 0.354 e. The summed E-state index contributed by atoms with van der Waals surface area (Å²) in [6, 6.07) is 2.66. The van der Waals surface area contributed by atoms with Crippen molar-refractivity contribution in [3.63, 3.8) is 0 Å². The molecule has 1 aromatic rings. The molecular weight excluding hydrogens is 302 g/mol. The van der Waals surface area contributed by atoms with Crippen LogP contribution >= 0.6 is 0 Å². The van der Waals surface area contributed by atoms with Gasteiger partial charge < -0.3 is 10.2 Å². The van der Waals surface area contributed by atoms with Crippen molar-refractivity contribution in [2.45, 2.75) is 45.2 Å². The first-order chi connectivity index (χ1) is 11.6. The van der Waals surface area contributed by atoms with Gasteiger partial charge in [-0.3, -0.25) is 14.4 Å². The summed E-state index contributed by atoms with van der Waals surface area (Å²) < 4.78 is 1.89. The maximum atomic E-state index is 12.5. The predicted octanol–water partition coefficient (Wildman–Crippen LogP) is 1.11. The minimum atomic E-state index is 0.151. The number of aromatic nitrogens is 2. The molecule has 6 nitrogen and oxygen atoms in total. The first-order valence-corrected chi connectivity index (χ1v) is 9.32. The molecule has 1 atom stereocenters. The number of hydrogen-bond acceptors (Lipinski definition) is 4. The lowest BCUT2D eigenvalue weighted by Gasteiger charge is -2.41. The summed E-state index contributed by atoms with van der Waals surface area (Å²) in [4.78, 5) is 17.5. The number of piperidine rings is 2. The number of nitrogens with zero attached hydrogens (tertiary/aromatic N) is 4. The van der Waals surface area contributed by atoms with Gasteiger partial charge in [0, 0.05) is 25.3 Å². The quantitative estimate of drug-likeness (QED) is 0.877. The van der Waals surface area contributed by atoms with Crippen LogP contribution in [-0.2, 0) is 11.3 Å². The third-order valence-electron chi connectivity index (χ3n) is 5.44. The third kappa shape index (κ3) is 4.57. The highest BCUT2D eigenvalue weighted by Crippen LogP contribution is 2.23. The number of aryl methyl sites for hydroxylation is 1. The van der Waals surface area contributed by atoms with Crippen molar-refractivity contribution in [2.75, 3.05) is 39.8 Å². The summed E-state index contributed by atoms with van der Waals surface area (Å²) >= 11 is 0. The van der Waals surface area contributed by atoms with Gasteiger partial charge in [-0.15, -0.1) is 0 Å². The first kappa shape index (κ1) is 17.4. The van der Waals surface area contributed by atoms with Gasteiger partial charge in [0.2, 0.25) is 5.91 Å². The molecule has 0 saturated carbocycles. The summed E-state index contributed by atoms with van der Waals surface area (Å²) in [6.07, 6.45) is 6.61. The van der Waals surface area contributed by atoms with E-state index >= 15 is 0 Å². The highest BCUT2D eigenvalue weighted by atomic mass is 16.1. The molecular formula is C18H31N5O. The molecule has 0 spiro atoms. The number of nitrogens with one attached hydrogen (secondary N) is 1. The van der Waals surface area contributed by atoms with E-state index < -0.39 is 0 Å². The zero-order chi connectivity index (χ0) is 16.9. The Balaban J connectivity index is 1.42. The first-order valence-electron chi connectivity index (χ1n) is 9.32. The Kier molecular flexibility index (Phi) is 5.89. The Morgan fingerprint density at radius 3 is 2.79 bits per heavy atom. The van der Waals surface area contributed by atoms with Crippen molar-refractivity contribution in [3.05, 3.63) is 18.0 Å². The molecule has 3 rings (SSSR count). The van der Waals surface area contributed by atoms with E-state index in [1.807, 2.05) is 23.9 Å². The highest BCUT2D eigenvalue weighted by Gasteiger charge is 2.30. The summed E-state index contributed by atoms with van der Waals surface area (Å²) in [5, 5.41) is 7.46. The topological polar surface area (TPSA) is 53.4 Å². The Hall–Kier alpha value is -1.40. The van der Waals surface area contributed by atoms with Crippen molar-refractivity contribution in [3.8, 4) is 0 Å². The van der Waals surface area contributed by atoms with E-state index in [0.717, 1.165) is 38.2 Å². The number of likely N-dealkylation sites (tertiary alicyclic amines) is 2. The Morgan fingerprint density at radius 2 is 2.08 bits per heavy atom. The monoisotopic (exact) mass is 333 g/mol. The van der Waals surface area contributed by atoms with E-state index in [9.17, 15) is 4.79 Å². The van der Waals surface area contributed by atoms with Gasteiger partial charge in [-0.1, -0.05) is 0 Å². The van der Waals surface area contributed by atoms with Crippen LogP contribution in [0, 0.1) is 12.8 Å². The van der Waals surface area contributed by atoms with Crippen LogP contribution in [0.15, 0.2) is 12.3 Å². The molecule has 3 heterocycles. The molecule has 0 unspecified atom stereocenters. The molecule has 2 saturated heterocycles. The SMILES string of the molecule is Cc1ccn(CCNC(=O)[C@H]2CCCN(C3CCN(C)CC3)C2)n1. The maximum Gasteiger partial charge on any atom is 0.224 e. The minimum Gasteiger partial charge on any atom is -0.354 e. The molecule has 1 aromatic heterocycles. The maximum absolute atomic E-state index is 12.5. The second-order valence-electron chi connectivity index (χ2n) is 7.38. The fraction of sp³-hybridized carbons (Fsp3) is 0.778. The van der Waals surface area contributed by atoms with Crippen LogP contribution in [0.25, 0.3) is 0 Å². The average Bonchev–Trinajstić information content (AvgIpc) is 3.01. The molecule has 0 bridgehead atoms. The molecule has 24 heavy (non-hydrogen) atoms. The van der Waals surface area contributed by atoms with Gasteiger partial charge in [0.1, 0.15) is 0 Å². The van der Waals surface area contributed by atoms with Gasteiger partial charge in [-0.25, -0.2) is 0 Å². The Morgan fingerprint density at radius 1 is 1.29 bits per heavy atom. The lowest BCUT2D eigenvalue weighted by molar-refractivity contribution is -0.127. The Labute approximate surface area is 145 Å². The van der Waals surface area contributed by atoms with Crippen molar-refractivity contribution < 1.29 is 4.79 Å². The summed E-state index contributed by atoms with van der Waals surface area (Å²) in [7, 11) is 2.20. The molecule has 1 N–H and O–H groups in total. The van der Waals surface area contributed by atoms with Gasteiger partial charge in [0.15, 0.2) is 0 Å². The Bertz CT molecular complexity index is 535. The molecule has 2 aliphatic rings. The second-order valence-corrected chi connectivity index (χ2v) is 7.38. The van der Waals surface area contributed by atoms with E-state index in [2.05, 4.69) is 27.3 Å². The lowest BCUT2D eigenvalue weighted by atomic mass is 9.93. The van der Waals surface area contributed by atoms with E-state index in [1.54, 1.807) is 0 Å². The zero-order valence-electron chi connectivity index (χ0n) is 15.1. The summed E-state index contributed by atoms with van der Waals surface area (Å²) in [5.74, 6) is 0.370. The molecule has 134 valence electrons. The second kappa shape index (κ2) is 8.12. The summed E-state index contributed by atoms with van der Waals surface area (Å²) in [6.45, 7) is 7.83. The van der Waals surface area contributed by atoms with Crippen LogP contribution in [0.3, 0.4) is 0 Å². The molecule has 6 heteroatoms. The van der Waals surface area contributed by atoms with Crippen LogP contribution in [0.5, 0.6) is 0 Å².